The second-order valence-corrected chi connectivity index (χ2v) is 6.11. The van der Waals surface area contributed by atoms with Crippen molar-refractivity contribution in [3.8, 4) is 0 Å². The van der Waals surface area contributed by atoms with Crippen molar-refractivity contribution in [1.29, 1.82) is 0 Å². The highest BCUT2D eigenvalue weighted by molar-refractivity contribution is 5.79. The highest BCUT2D eigenvalue weighted by Gasteiger charge is 2.18. The van der Waals surface area contributed by atoms with E-state index in [1.165, 1.54) is 5.56 Å². The van der Waals surface area contributed by atoms with Crippen molar-refractivity contribution in [1.82, 2.24) is 15.5 Å². The lowest BCUT2D eigenvalue weighted by molar-refractivity contribution is -0.127. The van der Waals surface area contributed by atoms with Crippen molar-refractivity contribution in [2.75, 3.05) is 32.7 Å². The molecule has 0 saturated carbocycles. The molecular formula is C19H30N4O. The van der Waals surface area contributed by atoms with Gasteiger partial charge in [0.15, 0.2) is 5.96 Å². The minimum atomic E-state index is 0.296. The molecule has 0 radical (unpaired) electrons. The minimum absolute atomic E-state index is 0.296. The maximum atomic E-state index is 11.6. The van der Waals surface area contributed by atoms with E-state index in [4.69, 9.17) is 0 Å². The number of rotatable bonds is 9. The van der Waals surface area contributed by atoms with Gasteiger partial charge in [-0.15, -0.1) is 0 Å². The molecule has 1 heterocycles. The number of aryl methyl sites for hydroxylation is 1. The van der Waals surface area contributed by atoms with Crippen LogP contribution in [0.1, 0.15) is 38.2 Å². The molecule has 1 aromatic rings. The molecule has 0 bridgehead atoms. The molecule has 0 spiro atoms. The van der Waals surface area contributed by atoms with E-state index in [0.29, 0.717) is 5.91 Å². The van der Waals surface area contributed by atoms with Gasteiger partial charge in [0.05, 0.1) is 0 Å². The van der Waals surface area contributed by atoms with Crippen LogP contribution >= 0.6 is 0 Å². The fraction of sp³-hybridized carbons (Fsp3) is 0.579. The second-order valence-electron chi connectivity index (χ2n) is 6.11. The third-order valence-electron chi connectivity index (χ3n) is 4.15. The Bertz CT molecular complexity index is 515. The van der Waals surface area contributed by atoms with Crippen LogP contribution in [-0.2, 0) is 11.2 Å². The zero-order valence-electron chi connectivity index (χ0n) is 14.8. The molecule has 0 atom stereocenters. The first kappa shape index (κ1) is 18.3. The SMILES string of the molecule is CCNC(=NCCCN1CCCC1=O)NCCCc1ccccc1. The first-order valence-electron chi connectivity index (χ1n) is 9.13. The molecule has 0 unspecified atom stereocenters. The second kappa shape index (κ2) is 10.7. The fourth-order valence-corrected chi connectivity index (χ4v) is 2.88. The molecule has 0 aromatic heterocycles. The molecule has 1 saturated heterocycles. The lowest BCUT2D eigenvalue weighted by Gasteiger charge is -2.15. The zero-order chi connectivity index (χ0) is 17.0. The number of amides is 1. The fourth-order valence-electron chi connectivity index (χ4n) is 2.88. The first-order valence-corrected chi connectivity index (χ1v) is 9.13. The number of nitrogens with one attached hydrogen (secondary N) is 2. The van der Waals surface area contributed by atoms with Gasteiger partial charge in [0.2, 0.25) is 5.91 Å². The average molecular weight is 330 g/mol. The number of likely N-dealkylation sites (tertiary alicyclic amines) is 1. The van der Waals surface area contributed by atoms with Crippen molar-refractivity contribution in [2.24, 2.45) is 4.99 Å². The predicted octanol–water partition coefficient (Wildman–Crippen LogP) is 2.19. The van der Waals surface area contributed by atoms with Gasteiger partial charge >= 0.3 is 0 Å². The number of carbonyl (C=O) groups excluding carboxylic acids is 1. The van der Waals surface area contributed by atoms with Gasteiger partial charge in [-0.25, -0.2) is 0 Å². The van der Waals surface area contributed by atoms with E-state index in [0.717, 1.165) is 70.8 Å². The summed E-state index contributed by atoms with van der Waals surface area (Å²) in [6, 6.07) is 10.5. The molecule has 132 valence electrons. The Morgan fingerprint density at radius 3 is 2.75 bits per heavy atom. The van der Waals surface area contributed by atoms with Crippen LogP contribution in [0.3, 0.4) is 0 Å². The van der Waals surface area contributed by atoms with E-state index in [2.05, 4.69) is 46.8 Å². The zero-order valence-corrected chi connectivity index (χ0v) is 14.8. The van der Waals surface area contributed by atoms with Gasteiger partial charge in [-0.05, 0) is 38.2 Å². The largest absolute Gasteiger partial charge is 0.357 e. The van der Waals surface area contributed by atoms with Gasteiger partial charge in [0.25, 0.3) is 0 Å². The number of benzene rings is 1. The Hall–Kier alpha value is -2.04. The van der Waals surface area contributed by atoms with E-state index < -0.39 is 0 Å². The standard InChI is InChI=1S/C19H30N4O/c1-2-20-19(21-13-6-11-17-9-4-3-5-10-17)22-14-8-16-23-15-7-12-18(23)24/h3-5,9-10H,2,6-8,11-16H2,1H3,(H2,20,21,22). The molecule has 5 heteroatoms. The van der Waals surface area contributed by atoms with Crippen LogP contribution < -0.4 is 10.6 Å². The Morgan fingerprint density at radius 2 is 2.04 bits per heavy atom. The first-order chi connectivity index (χ1) is 11.8. The van der Waals surface area contributed by atoms with Gasteiger partial charge < -0.3 is 15.5 Å². The van der Waals surface area contributed by atoms with Crippen LogP contribution in [0, 0.1) is 0 Å². The predicted molar refractivity (Wildman–Crippen MR) is 99.2 cm³/mol. The summed E-state index contributed by atoms with van der Waals surface area (Å²) in [4.78, 5) is 18.1. The number of nitrogens with zero attached hydrogens (tertiary/aromatic N) is 2. The van der Waals surface area contributed by atoms with Crippen molar-refractivity contribution < 1.29 is 4.79 Å². The summed E-state index contributed by atoms with van der Waals surface area (Å²) < 4.78 is 0. The number of hydrogen-bond donors (Lipinski definition) is 2. The highest BCUT2D eigenvalue weighted by Crippen LogP contribution is 2.09. The molecule has 0 aliphatic carbocycles. The molecule has 5 nitrogen and oxygen atoms in total. The van der Waals surface area contributed by atoms with Crippen molar-refractivity contribution in [3.63, 3.8) is 0 Å². The van der Waals surface area contributed by atoms with E-state index in [9.17, 15) is 4.79 Å². The highest BCUT2D eigenvalue weighted by atomic mass is 16.2. The quantitative estimate of drug-likeness (QED) is 0.414. The number of guanidine groups is 1. The molecule has 1 amide bonds. The molecule has 2 N–H and O–H groups in total. The Balaban J connectivity index is 1.63. The monoisotopic (exact) mass is 330 g/mol. The van der Waals surface area contributed by atoms with E-state index in [-0.39, 0.29) is 0 Å². The molecular weight excluding hydrogens is 300 g/mol. The molecule has 1 aliphatic rings. The summed E-state index contributed by atoms with van der Waals surface area (Å²) in [5.41, 5.74) is 1.37. The van der Waals surface area contributed by atoms with Crippen molar-refractivity contribution >= 4 is 11.9 Å². The van der Waals surface area contributed by atoms with Gasteiger partial charge in [0.1, 0.15) is 0 Å². The smallest absolute Gasteiger partial charge is 0.222 e. The normalized spacial score (nSPS) is 15.0. The van der Waals surface area contributed by atoms with E-state index in [1.54, 1.807) is 0 Å². The van der Waals surface area contributed by atoms with Crippen LogP contribution in [0.5, 0.6) is 0 Å². The Labute approximate surface area is 145 Å². The number of hydrogen-bond acceptors (Lipinski definition) is 2. The van der Waals surface area contributed by atoms with E-state index >= 15 is 0 Å². The minimum Gasteiger partial charge on any atom is -0.357 e. The maximum Gasteiger partial charge on any atom is 0.222 e. The van der Waals surface area contributed by atoms with Crippen LogP contribution in [0.2, 0.25) is 0 Å². The molecule has 1 aromatic carbocycles. The number of aliphatic imine (C=N–C) groups is 1. The van der Waals surface area contributed by atoms with E-state index in [1.807, 2.05) is 11.0 Å². The topological polar surface area (TPSA) is 56.7 Å². The Morgan fingerprint density at radius 1 is 1.21 bits per heavy atom. The maximum absolute atomic E-state index is 11.6. The van der Waals surface area contributed by atoms with Gasteiger partial charge in [-0.3, -0.25) is 9.79 Å². The van der Waals surface area contributed by atoms with Crippen LogP contribution in [-0.4, -0.2) is 49.5 Å². The molecule has 1 aliphatic heterocycles. The van der Waals surface area contributed by atoms with Gasteiger partial charge in [0, 0.05) is 39.1 Å². The average Bonchev–Trinajstić information content (AvgIpc) is 3.01. The lowest BCUT2D eigenvalue weighted by atomic mass is 10.1. The summed E-state index contributed by atoms with van der Waals surface area (Å²) >= 11 is 0. The lowest BCUT2D eigenvalue weighted by Crippen LogP contribution is -2.38. The van der Waals surface area contributed by atoms with Crippen LogP contribution in [0.15, 0.2) is 35.3 Å². The summed E-state index contributed by atoms with van der Waals surface area (Å²) in [7, 11) is 0. The Kier molecular flexibility index (Phi) is 8.15. The van der Waals surface area contributed by atoms with Crippen LogP contribution in [0.4, 0.5) is 0 Å². The molecule has 1 fully saturated rings. The summed E-state index contributed by atoms with van der Waals surface area (Å²) in [6.07, 6.45) is 4.80. The molecule has 2 rings (SSSR count). The molecule has 24 heavy (non-hydrogen) atoms. The third kappa shape index (κ3) is 6.60. The summed E-state index contributed by atoms with van der Waals surface area (Å²) in [5, 5.41) is 6.66. The summed E-state index contributed by atoms with van der Waals surface area (Å²) in [5.74, 6) is 1.17. The third-order valence-corrected chi connectivity index (χ3v) is 4.15. The summed E-state index contributed by atoms with van der Waals surface area (Å²) in [6.45, 7) is 6.33. The van der Waals surface area contributed by atoms with Gasteiger partial charge in [-0.2, -0.15) is 0 Å². The van der Waals surface area contributed by atoms with Gasteiger partial charge in [-0.1, -0.05) is 30.3 Å². The number of carbonyl (C=O) groups is 1. The van der Waals surface area contributed by atoms with Crippen LogP contribution in [0.25, 0.3) is 0 Å². The van der Waals surface area contributed by atoms with Crippen molar-refractivity contribution in [2.45, 2.75) is 39.0 Å². The van der Waals surface area contributed by atoms with Crippen molar-refractivity contribution in [3.05, 3.63) is 35.9 Å².